The van der Waals surface area contributed by atoms with Crippen molar-refractivity contribution in [3.8, 4) is 11.5 Å². The number of anilines is 2. The molecule has 0 spiro atoms. The van der Waals surface area contributed by atoms with Gasteiger partial charge in [-0.15, -0.1) is 0 Å². The monoisotopic (exact) mass is 653 g/mol. The number of aromatic nitrogens is 2. The molecule has 0 saturated carbocycles. The Hall–Kier alpha value is -3.90. The third-order valence-electron chi connectivity index (χ3n) is 7.94. The maximum absolute atomic E-state index is 13.4. The molecule has 13 heteroatoms. The number of carbonyl (C=O) groups is 1. The van der Waals surface area contributed by atoms with Gasteiger partial charge in [-0.2, -0.15) is 0 Å². The highest BCUT2D eigenvalue weighted by Crippen LogP contribution is 2.44. The van der Waals surface area contributed by atoms with Crippen molar-refractivity contribution in [2.45, 2.75) is 12.0 Å². The van der Waals surface area contributed by atoms with Gasteiger partial charge in [0.25, 0.3) is 0 Å². The van der Waals surface area contributed by atoms with Gasteiger partial charge in [0, 0.05) is 51.9 Å². The highest BCUT2D eigenvalue weighted by Gasteiger charge is 2.37. The van der Waals surface area contributed by atoms with Crippen LogP contribution in [0.3, 0.4) is 0 Å². The molecule has 0 bridgehead atoms. The van der Waals surface area contributed by atoms with Crippen LogP contribution >= 0.6 is 23.2 Å². The third-order valence-corrected chi connectivity index (χ3v) is 8.69. The van der Waals surface area contributed by atoms with E-state index in [1.165, 1.54) is 25.4 Å². The maximum atomic E-state index is 13.4. The van der Waals surface area contributed by atoms with E-state index in [0.717, 1.165) is 44.7 Å². The van der Waals surface area contributed by atoms with E-state index in [-0.39, 0.29) is 15.7 Å². The molecule has 0 aliphatic carbocycles. The first-order valence-corrected chi connectivity index (χ1v) is 15.4. The molecule has 1 aromatic heterocycles. The number of likely N-dealkylation sites (N-methyl/N-ethyl adjacent to an activating group) is 1. The number of benzene rings is 2. The minimum absolute atomic E-state index is 0.137. The lowest BCUT2D eigenvalue weighted by Crippen LogP contribution is -2.44. The maximum Gasteiger partial charge on any atom is 0.327 e. The molecule has 1 N–H and O–H groups in total. The molecule has 11 nitrogen and oxygen atoms in total. The number of allylic oxidation sites excluding steroid dienone is 1. The zero-order valence-electron chi connectivity index (χ0n) is 25.8. The van der Waals surface area contributed by atoms with Crippen LogP contribution in [0.4, 0.5) is 16.3 Å². The van der Waals surface area contributed by atoms with Crippen molar-refractivity contribution in [1.82, 2.24) is 19.8 Å². The van der Waals surface area contributed by atoms with Crippen molar-refractivity contribution in [3.05, 3.63) is 81.9 Å². The van der Waals surface area contributed by atoms with Crippen LogP contribution < -0.4 is 19.7 Å². The first kappa shape index (κ1) is 32.5. The highest BCUT2D eigenvalue weighted by molar-refractivity contribution is 6.41. The van der Waals surface area contributed by atoms with E-state index < -0.39 is 11.6 Å². The second kappa shape index (κ2) is 14.5. The number of carbonyl (C=O) groups excluding carboxylic acids is 1. The number of aliphatic imine (C=N–C) groups is 1. The zero-order chi connectivity index (χ0) is 32.0. The molecule has 0 radical (unpaired) electrons. The number of amides is 2. The number of nitrogens with one attached hydrogen (secondary N) is 1. The van der Waals surface area contributed by atoms with Crippen molar-refractivity contribution >= 4 is 47.0 Å². The van der Waals surface area contributed by atoms with E-state index in [1.807, 2.05) is 36.4 Å². The molecule has 1 unspecified atom stereocenters. The SMILES string of the molecule is COc1cc(OC)c(Cl)c(NC(=O)N(C)c2cc(C3(c4ccccc4)C=C(OCCCN4CCN(C)CC4)C=N3)ncn2)c1Cl. The Morgan fingerprint density at radius 1 is 1.02 bits per heavy atom. The number of methoxy groups -OCH3 is 2. The van der Waals surface area contributed by atoms with Gasteiger partial charge in [0.2, 0.25) is 0 Å². The lowest BCUT2D eigenvalue weighted by Gasteiger charge is -2.32. The number of rotatable bonds is 11. The number of nitrogens with zero attached hydrogens (tertiary/aromatic N) is 6. The topological polar surface area (TPSA) is 105 Å². The van der Waals surface area contributed by atoms with E-state index in [9.17, 15) is 4.79 Å². The molecule has 1 saturated heterocycles. The first-order chi connectivity index (χ1) is 21.8. The molecule has 5 rings (SSSR count). The second-order valence-corrected chi connectivity index (χ2v) is 11.6. The molecule has 3 aromatic rings. The predicted molar refractivity (Wildman–Crippen MR) is 177 cm³/mol. The number of urea groups is 1. The van der Waals surface area contributed by atoms with Gasteiger partial charge in [0.05, 0.1) is 38.4 Å². The molecule has 45 heavy (non-hydrogen) atoms. The van der Waals surface area contributed by atoms with Crippen molar-refractivity contribution < 1.29 is 19.0 Å². The summed E-state index contributed by atoms with van der Waals surface area (Å²) in [5.74, 6) is 1.60. The molecule has 1 atom stereocenters. The Morgan fingerprint density at radius 3 is 2.38 bits per heavy atom. The van der Waals surface area contributed by atoms with Crippen molar-refractivity contribution in [2.75, 3.05) is 77.9 Å². The number of hydrogen-bond donors (Lipinski definition) is 1. The molecule has 238 valence electrons. The largest absolute Gasteiger partial charge is 0.495 e. The van der Waals surface area contributed by atoms with Gasteiger partial charge < -0.3 is 29.3 Å². The fourth-order valence-corrected chi connectivity index (χ4v) is 5.84. The van der Waals surface area contributed by atoms with Gasteiger partial charge in [-0.05, 0) is 25.1 Å². The Kier molecular flexibility index (Phi) is 10.4. The van der Waals surface area contributed by atoms with Gasteiger partial charge in [0.15, 0.2) is 0 Å². The Morgan fingerprint density at radius 2 is 1.71 bits per heavy atom. The van der Waals surface area contributed by atoms with Gasteiger partial charge in [0.1, 0.15) is 45.0 Å². The minimum atomic E-state index is -0.962. The number of hydrogen-bond acceptors (Lipinski definition) is 9. The summed E-state index contributed by atoms with van der Waals surface area (Å²) in [5, 5.41) is 3.03. The van der Waals surface area contributed by atoms with E-state index in [0.29, 0.717) is 35.4 Å². The van der Waals surface area contributed by atoms with Crippen LogP contribution in [0.2, 0.25) is 10.0 Å². The van der Waals surface area contributed by atoms with Gasteiger partial charge in [-0.25, -0.2) is 14.8 Å². The van der Waals surface area contributed by atoms with E-state index in [4.69, 9.17) is 42.4 Å². The molecular weight excluding hydrogens is 617 g/mol. The molecule has 2 aliphatic rings. The molecule has 1 fully saturated rings. The van der Waals surface area contributed by atoms with Crippen LogP contribution in [0.25, 0.3) is 0 Å². The van der Waals surface area contributed by atoms with E-state index in [1.54, 1.807) is 25.4 Å². The molecule has 3 heterocycles. The second-order valence-electron chi connectivity index (χ2n) is 10.8. The normalized spacial score (nSPS) is 18.4. The van der Waals surface area contributed by atoms with Crippen LogP contribution in [0.15, 0.2) is 65.6 Å². The number of piperazine rings is 1. The predicted octanol–water partition coefficient (Wildman–Crippen LogP) is 5.33. The fourth-order valence-electron chi connectivity index (χ4n) is 5.24. The Balaban J connectivity index is 1.35. The van der Waals surface area contributed by atoms with Crippen LogP contribution in [0.5, 0.6) is 11.5 Å². The standard InChI is InChI=1S/C32H37Cl2N7O4/c1-39-12-14-41(15-13-39)11-8-16-45-23-19-32(37-20-23,22-9-6-5-7-10-22)26-18-27(36-21-35-26)40(2)31(42)38-30-28(33)24(43-3)17-25(44-4)29(30)34/h5-7,9-10,17-21H,8,11-16H2,1-4H3,(H,38,42). The summed E-state index contributed by atoms with van der Waals surface area (Å²) in [5.41, 5.74) is 0.663. The smallest absolute Gasteiger partial charge is 0.327 e. The lowest BCUT2D eigenvalue weighted by molar-refractivity contribution is 0.138. The Labute approximate surface area is 273 Å². The highest BCUT2D eigenvalue weighted by atomic mass is 35.5. The van der Waals surface area contributed by atoms with Gasteiger partial charge in [-0.3, -0.25) is 9.89 Å². The Bertz CT molecular complexity index is 1540. The first-order valence-electron chi connectivity index (χ1n) is 14.6. The van der Waals surface area contributed by atoms with Crippen molar-refractivity contribution in [1.29, 1.82) is 0 Å². The summed E-state index contributed by atoms with van der Waals surface area (Å²) < 4.78 is 16.8. The molecular formula is C32H37Cl2N7O4. The molecule has 2 aliphatic heterocycles. The van der Waals surface area contributed by atoms with Crippen LogP contribution in [-0.2, 0) is 10.3 Å². The zero-order valence-corrected chi connectivity index (χ0v) is 27.3. The molecule has 2 aromatic carbocycles. The van der Waals surface area contributed by atoms with Crippen LogP contribution in [-0.4, -0.2) is 99.7 Å². The van der Waals surface area contributed by atoms with Crippen LogP contribution in [0, 0.1) is 0 Å². The molecule has 2 amide bonds. The van der Waals surface area contributed by atoms with E-state index >= 15 is 0 Å². The summed E-state index contributed by atoms with van der Waals surface area (Å²) in [6.45, 7) is 5.90. The quantitative estimate of drug-likeness (QED) is 0.277. The van der Waals surface area contributed by atoms with Crippen molar-refractivity contribution in [3.63, 3.8) is 0 Å². The minimum Gasteiger partial charge on any atom is -0.495 e. The lowest BCUT2D eigenvalue weighted by atomic mass is 9.87. The summed E-state index contributed by atoms with van der Waals surface area (Å²) in [6, 6.07) is 12.6. The number of ether oxygens (including phenoxy) is 3. The average molecular weight is 655 g/mol. The summed E-state index contributed by atoms with van der Waals surface area (Å²) in [6.07, 6.45) is 6.03. The average Bonchev–Trinajstić information content (AvgIpc) is 3.51. The summed E-state index contributed by atoms with van der Waals surface area (Å²) in [7, 11) is 6.66. The summed E-state index contributed by atoms with van der Waals surface area (Å²) >= 11 is 13.0. The third kappa shape index (κ3) is 7.17. The van der Waals surface area contributed by atoms with E-state index in [2.05, 4.69) is 32.1 Å². The summed E-state index contributed by atoms with van der Waals surface area (Å²) in [4.78, 5) is 33.4. The van der Waals surface area contributed by atoms with Gasteiger partial charge >= 0.3 is 6.03 Å². The van der Waals surface area contributed by atoms with Gasteiger partial charge in [-0.1, -0.05) is 53.5 Å². The fraction of sp³-hybridized carbons (Fsp3) is 0.375. The van der Waals surface area contributed by atoms with Crippen molar-refractivity contribution in [2.24, 2.45) is 4.99 Å². The van der Waals surface area contributed by atoms with Crippen LogP contribution in [0.1, 0.15) is 17.7 Å². The number of halogens is 2.